The lowest BCUT2D eigenvalue weighted by molar-refractivity contribution is -0.113. The quantitative estimate of drug-likeness (QED) is 0.574. The summed E-state index contributed by atoms with van der Waals surface area (Å²) in [6.07, 6.45) is 6.19. The first-order chi connectivity index (χ1) is 11.1. The number of amides is 1. The number of pyridine rings is 1. The normalized spacial score (nSPS) is 11.0. The molecule has 0 saturated heterocycles. The fraction of sp³-hybridized carbons (Fsp3) is 0. The third-order valence-corrected chi connectivity index (χ3v) is 3.39. The first kappa shape index (κ1) is 14.5. The maximum atomic E-state index is 13.8. The Balaban J connectivity index is 2.09. The fourth-order valence-electron chi connectivity index (χ4n) is 2.27. The van der Waals surface area contributed by atoms with E-state index in [9.17, 15) is 9.18 Å². The number of hydrogen-bond donors (Lipinski definition) is 2. The molecule has 3 aromatic rings. The van der Waals surface area contributed by atoms with Crippen molar-refractivity contribution < 1.29 is 9.18 Å². The van der Waals surface area contributed by atoms with Gasteiger partial charge in [-0.15, -0.1) is 0 Å². The SMILES string of the molecule is [C-]#[N+]c1ccc(-c2cnc3[nH]cc(/C=C/C(N)=O)c3c2)cc1F. The van der Waals surface area contributed by atoms with Crippen LogP contribution < -0.4 is 5.73 Å². The molecule has 23 heavy (non-hydrogen) atoms. The Morgan fingerprint density at radius 1 is 1.35 bits per heavy atom. The van der Waals surface area contributed by atoms with Gasteiger partial charge in [-0.25, -0.2) is 14.2 Å². The van der Waals surface area contributed by atoms with Crippen LogP contribution in [0, 0.1) is 12.4 Å². The molecule has 0 fully saturated rings. The monoisotopic (exact) mass is 306 g/mol. The molecule has 0 unspecified atom stereocenters. The third kappa shape index (κ3) is 2.80. The Hall–Kier alpha value is -3.46. The van der Waals surface area contributed by atoms with Crippen LogP contribution in [0.4, 0.5) is 10.1 Å². The zero-order valence-corrected chi connectivity index (χ0v) is 11.9. The van der Waals surface area contributed by atoms with E-state index in [0.29, 0.717) is 16.8 Å². The summed E-state index contributed by atoms with van der Waals surface area (Å²) < 4.78 is 13.8. The maximum Gasteiger partial charge on any atom is 0.241 e. The molecule has 3 N–H and O–H groups in total. The van der Waals surface area contributed by atoms with Crippen LogP contribution in [0.2, 0.25) is 0 Å². The number of aromatic amines is 1. The Bertz CT molecular complexity index is 982. The Morgan fingerprint density at radius 2 is 2.17 bits per heavy atom. The number of H-pyrrole nitrogens is 1. The van der Waals surface area contributed by atoms with Crippen molar-refractivity contribution in [3.8, 4) is 11.1 Å². The van der Waals surface area contributed by atoms with Crippen LogP contribution in [0.5, 0.6) is 0 Å². The van der Waals surface area contributed by atoms with E-state index in [4.69, 9.17) is 12.3 Å². The molecule has 2 heterocycles. The molecule has 0 aliphatic carbocycles. The van der Waals surface area contributed by atoms with E-state index in [1.54, 1.807) is 24.5 Å². The summed E-state index contributed by atoms with van der Waals surface area (Å²) in [6.45, 7) is 6.88. The molecule has 3 rings (SSSR count). The molecule has 112 valence electrons. The summed E-state index contributed by atoms with van der Waals surface area (Å²) in [5.74, 6) is -1.11. The Kier molecular flexibility index (Phi) is 3.61. The maximum absolute atomic E-state index is 13.8. The summed E-state index contributed by atoms with van der Waals surface area (Å²) >= 11 is 0. The number of halogens is 1. The number of rotatable bonds is 3. The molecule has 5 nitrogen and oxygen atoms in total. The van der Waals surface area contributed by atoms with Crippen LogP contribution in [-0.2, 0) is 4.79 Å². The topological polar surface area (TPSA) is 76.1 Å². The van der Waals surface area contributed by atoms with Gasteiger partial charge >= 0.3 is 0 Å². The van der Waals surface area contributed by atoms with E-state index < -0.39 is 11.7 Å². The summed E-state index contributed by atoms with van der Waals surface area (Å²) in [4.78, 5) is 21.2. The molecule has 0 radical (unpaired) electrons. The second-order valence-corrected chi connectivity index (χ2v) is 4.88. The highest BCUT2D eigenvalue weighted by molar-refractivity contribution is 5.95. The number of fused-ring (bicyclic) bond motifs is 1. The molecule has 6 heteroatoms. The van der Waals surface area contributed by atoms with Gasteiger partial charge in [0, 0.05) is 35.0 Å². The van der Waals surface area contributed by atoms with Gasteiger partial charge in [0.05, 0.1) is 6.57 Å². The molecule has 2 aromatic heterocycles. The lowest BCUT2D eigenvalue weighted by atomic mass is 10.0. The average molecular weight is 306 g/mol. The number of nitrogens with zero attached hydrogens (tertiary/aromatic N) is 2. The number of carbonyl (C=O) groups is 1. The van der Waals surface area contributed by atoms with Gasteiger partial charge in [0.15, 0.2) is 0 Å². The molecule has 1 amide bonds. The predicted octanol–water partition coefficient (Wildman–Crippen LogP) is 3.42. The number of primary amides is 1. The Morgan fingerprint density at radius 3 is 2.87 bits per heavy atom. The number of hydrogen-bond acceptors (Lipinski definition) is 2. The van der Waals surface area contributed by atoms with Crippen molar-refractivity contribution in [1.29, 1.82) is 0 Å². The molecular weight excluding hydrogens is 295 g/mol. The van der Waals surface area contributed by atoms with Gasteiger partial charge in [-0.05, 0) is 23.8 Å². The predicted molar refractivity (Wildman–Crippen MR) is 86.0 cm³/mol. The van der Waals surface area contributed by atoms with E-state index in [0.717, 1.165) is 10.9 Å². The van der Waals surface area contributed by atoms with Gasteiger partial charge in [0.2, 0.25) is 11.6 Å². The number of benzene rings is 1. The van der Waals surface area contributed by atoms with Crippen LogP contribution in [0.1, 0.15) is 5.56 Å². The summed E-state index contributed by atoms with van der Waals surface area (Å²) in [5.41, 5.74) is 7.82. The van der Waals surface area contributed by atoms with Crippen LogP contribution >= 0.6 is 0 Å². The van der Waals surface area contributed by atoms with Gasteiger partial charge in [-0.2, -0.15) is 0 Å². The van der Waals surface area contributed by atoms with Crippen LogP contribution in [0.3, 0.4) is 0 Å². The number of aromatic nitrogens is 2. The summed E-state index contributed by atoms with van der Waals surface area (Å²) in [6, 6.07) is 6.26. The van der Waals surface area contributed by atoms with Crippen molar-refractivity contribution in [2.75, 3.05) is 0 Å². The highest BCUT2D eigenvalue weighted by Gasteiger charge is 2.08. The van der Waals surface area contributed by atoms with Crippen molar-refractivity contribution in [2.45, 2.75) is 0 Å². The smallest absolute Gasteiger partial charge is 0.241 e. The number of nitrogens with two attached hydrogens (primary N) is 1. The largest absolute Gasteiger partial charge is 0.366 e. The lowest BCUT2D eigenvalue weighted by Gasteiger charge is -2.03. The molecule has 0 spiro atoms. The minimum Gasteiger partial charge on any atom is -0.366 e. The van der Waals surface area contributed by atoms with Gasteiger partial charge in [-0.1, -0.05) is 12.1 Å². The average Bonchev–Trinajstić information content (AvgIpc) is 2.95. The van der Waals surface area contributed by atoms with Crippen molar-refractivity contribution in [3.63, 3.8) is 0 Å². The van der Waals surface area contributed by atoms with Crippen molar-refractivity contribution in [2.24, 2.45) is 5.73 Å². The van der Waals surface area contributed by atoms with Crippen molar-refractivity contribution >= 4 is 28.7 Å². The first-order valence-corrected chi connectivity index (χ1v) is 6.70. The second-order valence-electron chi connectivity index (χ2n) is 4.88. The minimum absolute atomic E-state index is 0.0190. The molecular formula is C17H11FN4O. The Labute approximate surface area is 131 Å². The summed E-state index contributed by atoms with van der Waals surface area (Å²) in [5, 5.41) is 0.787. The van der Waals surface area contributed by atoms with E-state index in [1.807, 2.05) is 6.07 Å². The first-order valence-electron chi connectivity index (χ1n) is 6.70. The van der Waals surface area contributed by atoms with E-state index in [-0.39, 0.29) is 5.69 Å². The zero-order chi connectivity index (χ0) is 16.4. The van der Waals surface area contributed by atoms with Crippen molar-refractivity contribution in [3.05, 3.63) is 65.5 Å². The number of nitrogens with one attached hydrogen (secondary N) is 1. The van der Waals surface area contributed by atoms with Gasteiger partial charge in [-0.3, -0.25) is 4.79 Å². The van der Waals surface area contributed by atoms with Gasteiger partial charge in [0.1, 0.15) is 11.5 Å². The van der Waals surface area contributed by atoms with Crippen LogP contribution in [0.15, 0.2) is 42.7 Å². The van der Waals surface area contributed by atoms with Crippen molar-refractivity contribution in [1.82, 2.24) is 9.97 Å². The molecule has 0 bridgehead atoms. The van der Waals surface area contributed by atoms with Crippen LogP contribution in [-0.4, -0.2) is 15.9 Å². The highest BCUT2D eigenvalue weighted by Crippen LogP contribution is 2.28. The van der Waals surface area contributed by atoms with Crippen LogP contribution in [0.25, 0.3) is 33.1 Å². The van der Waals surface area contributed by atoms with E-state index in [1.165, 1.54) is 18.2 Å². The molecule has 0 atom stereocenters. The lowest BCUT2D eigenvalue weighted by Crippen LogP contribution is -2.04. The molecule has 0 saturated carbocycles. The van der Waals surface area contributed by atoms with E-state index >= 15 is 0 Å². The molecule has 0 aliphatic heterocycles. The third-order valence-electron chi connectivity index (χ3n) is 3.39. The van der Waals surface area contributed by atoms with Gasteiger partial charge in [0.25, 0.3) is 0 Å². The van der Waals surface area contributed by atoms with Gasteiger partial charge < -0.3 is 10.7 Å². The standard InChI is InChI=1S/C17H11FN4O/c1-20-15-4-2-10(7-14(15)18)12-6-13-11(3-5-16(19)23)8-21-17(13)22-9-12/h2-9H,(H2,19,23)(H,21,22)/b5-3+. The number of carbonyl (C=O) groups excluding carboxylic acids is 1. The second kappa shape index (κ2) is 5.73. The fourth-order valence-corrected chi connectivity index (χ4v) is 2.27. The minimum atomic E-state index is -0.569. The zero-order valence-electron chi connectivity index (χ0n) is 11.9. The molecule has 1 aromatic carbocycles. The highest BCUT2D eigenvalue weighted by atomic mass is 19.1. The summed E-state index contributed by atoms with van der Waals surface area (Å²) in [7, 11) is 0. The van der Waals surface area contributed by atoms with E-state index in [2.05, 4.69) is 14.8 Å². The molecule has 0 aliphatic rings.